The van der Waals surface area contributed by atoms with Gasteiger partial charge in [0.15, 0.2) is 0 Å². The monoisotopic (exact) mass is 247 g/mol. The molecule has 0 bridgehead atoms. The number of pyridine rings is 1. The molecule has 3 nitrogen and oxygen atoms in total. The van der Waals surface area contributed by atoms with E-state index in [9.17, 15) is 0 Å². The van der Waals surface area contributed by atoms with Crippen LogP contribution in [0.15, 0.2) is 12.3 Å². The molecule has 84 valence electrons. The van der Waals surface area contributed by atoms with Crippen LogP contribution >= 0.6 is 23.2 Å². The molecular formula is C10H15Cl2N3. The second-order valence-corrected chi connectivity index (χ2v) is 4.21. The minimum absolute atomic E-state index is 0.226. The van der Waals surface area contributed by atoms with E-state index in [1.807, 2.05) is 0 Å². The quantitative estimate of drug-likeness (QED) is 0.842. The van der Waals surface area contributed by atoms with Gasteiger partial charge in [-0.05, 0) is 18.9 Å². The molecule has 0 fully saturated rings. The van der Waals surface area contributed by atoms with Gasteiger partial charge in [0.05, 0.1) is 10.0 Å². The molecule has 0 saturated carbocycles. The molecule has 0 aliphatic carbocycles. The Morgan fingerprint density at radius 2 is 2.27 bits per heavy atom. The third-order valence-electron chi connectivity index (χ3n) is 2.14. The Bertz CT molecular complexity index is 318. The molecule has 0 aromatic carbocycles. The lowest BCUT2D eigenvalue weighted by atomic mass is 10.2. The van der Waals surface area contributed by atoms with Crippen LogP contribution in [0.3, 0.4) is 0 Å². The summed E-state index contributed by atoms with van der Waals surface area (Å²) in [6.45, 7) is 2.83. The van der Waals surface area contributed by atoms with Crippen molar-refractivity contribution in [1.29, 1.82) is 0 Å². The first kappa shape index (κ1) is 12.6. The first-order valence-corrected chi connectivity index (χ1v) is 5.69. The van der Waals surface area contributed by atoms with Crippen LogP contribution < -0.4 is 11.1 Å². The van der Waals surface area contributed by atoms with Gasteiger partial charge in [-0.25, -0.2) is 4.98 Å². The lowest BCUT2D eigenvalue weighted by Crippen LogP contribution is -2.22. The number of rotatable bonds is 5. The Kier molecular flexibility index (Phi) is 5.15. The Morgan fingerprint density at radius 3 is 2.87 bits per heavy atom. The average molecular weight is 248 g/mol. The summed E-state index contributed by atoms with van der Waals surface area (Å²) >= 11 is 11.7. The summed E-state index contributed by atoms with van der Waals surface area (Å²) in [6, 6.07) is 1.89. The standard InChI is InChI=1S/C10H15Cl2N3/c1-2-8(13)3-4-14-10-9(12)5-7(11)6-15-10/h5-6,8H,2-4,13H2,1H3,(H,14,15). The number of halogens is 2. The molecule has 1 unspecified atom stereocenters. The zero-order chi connectivity index (χ0) is 11.3. The third kappa shape index (κ3) is 4.24. The van der Waals surface area contributed by atoms with Crippen LogP contribution in [0.5, 0.6) is 0 Å². The molecule has 3 N–H and O–H groups in total. The summed E-state index contributed by atoms with van der Waals surface area (Å²) in [4.78, 5) is 4.08. The molecule has 0 spiro atoms. The van der Waals surface area contributed by atoms with Crippen LogP contribution in [0, 0.1) is 0 Å². The molecular weight excluding hydrogens is 233 g/mol. The minimum atomic E-state index is 0.226. The lowest BCUT2D eigenvalue weighted by molar-refractivity contribution is 0.613. The fourth-order valence-corrected chi connectivity index (χ4v) is 1.57. The van der Waals surface area contributed by atoms with E-state index in [-0.39, 0.29) is 6.04 Å². The third-order valence-corrected chi connectivity index (χ3v) is 2.63. The van der Waals surface area contributed by atoms with E-state index in [4.69, 9.17) is 28.9 Å². The number of aromatic nitrogens is 1. The second kappa shape index (κ2) is 6.16. The van der Waals surface area contributed by atoms with E-state index >= 15 is 0 Å². The predicted molar refractivity (Wildman–Crippen MR) is 65.6 cm³/mol. The molecule has 0 radical (unpaired) electrons. The van der Waals surface area contributed by atoms with Gasteiger partial charge in [0.25, 0.3) is 0 Å². The molecule has 0 amide bonds. The summed E-state index contributed by atoms with van der Waals surface area (Å²) < 4.78 is 0. The molecule has 1 heterocycles. The predicted octanol–water partition coefficient (Wildman–Crippen LogP) is 2.93. The zero-order valence-electron chi connectivity index (χ0n) is 8.63. The van der Waals surface area contributed by atoms with Crippen molar-refractivity contribution in [1.82, 2.24) is 4.98 Å². The lowest BCUT2D eigenvalue weighted by Gasteiger charge is -2.10. The van der Waals surface area contributed by atoms with Gasteiger partial charge in [0.1, 0.15) is 5.82 Å². The number of anilines is 1. The number of nitrogens with zero attached hydrogens (tertiary/aromatic N) is 1. The normalized spacial score (nSPS) is 12.5. The first-order chi connectivity index (χ1) is 7.13. The van der Waals surface area contributed by atoms with Gasteiger partial charge in [0.2, 0.25) is 0 Å². The van der Waals surface area contributed by atoms with Crippen molar-refractivity contribution >= 4 is 29.0 Å². The number of nitrogens with one attached hydrogen (secondary N) is 1. The van der Waals surface area contributed by atoms with Gasteiger partial charge in [-0.1, -0.05) is 30.1 Å². The average Bonchev–Trinajstić information content (AvgIpc) is 2.21. The van der Waals surface area contributed by atoms with E-state index < -0.39 is 0 Å². The fraction of sp³-hybridized carbons (Fsp3) is 0.500. The van der Waals surface area contributed by atoms with Crippen LogP contribution in [-0.2, 0) is 0 Å². The first-order valence-electron chi connectivity index (χ1n) is 4.94. The van der Waals surface area contributed by atoms with Crippen molar-refractivity contribution in [3.05, 3.63) is 22.3 Å². The van der Waals surface area contributed by atoms with Gasteiger partial charge in [-0.15, -0.1) is 0 Å². The van der Waals surface area contributed by atoms with Crippen molar-refractivity contribution in [2.45, 2.75) is 25.8 Å². The SMILES string of the molecule is CCC(N)CCNc1ncc(Cl)cc1Cl. The molecule has 15 heavy (non-hydrogen) atoms. The number of nitrogens with two attached hydrogens (primary N) is 1. The van der Waals surface area contributed by atoms with Crippen LogP contribution in [0.25, 0.3) is 0 Å². The smallest absolute Gasteiger partial charge is 0.144 e. The molecule has 1 rings (SSSR count). The minimum Gasteiger partial charge on any atom is -0.369 e. The van der Waals surface area contributed by atoms with E-state index in [2.05, 4.69) is 17.2 Å². The van der Waals surface area contributed by atoms with E-state index in [0.29, 0.717) is 15.9 Å². The van der Waals surface area contributed by atoms with Crippen LogP contribution in [0.2, 0.25) is 10.0 Å². The van der Waals surface area contributed by atoms with Crippen molar-refractivity contribution in [2.75, 3.05) is 11.9 Å². The number of hydrogen-bond acceptors (Lipinski definition) is 3. The maximum atomic E-state index is 5.94. The molecule has 1 aromatic heterocycles. The maximum absolute atomic E-state index is 5.94. The summed E-state index contributed by atoms with van der Waals surface area (Å²) in [5.74, 6) is 0.657. The highest BCUT2D eigenvalue weighted by Crippen LogP contribution is 2.22. The second-order valence-electron chi connectivity index (χ2n) is 3.37. The van der Waals surface area contributed by atoms with Crippen molar-refractivity contribution in [3.8, 4) is 0 Å². The van der Waals surface area contributed by atoms with Gasteiger partial charge < -0.3 is 11.1 Å². The Labute approximate surface area is 100.0 Å². The molecule has 0 saturated heterocycles. The van der Waals surface area contributed by atoms with E-state index in [1.165, 1.54) is 0 Å². The summed E-state index contributed by atoms with van der Waals surface area (Å²) in [7, 11) is 0. The molecule has 1 aromatic rings. The van der Waals surface area contributed by atoms with Gasteiger partial charge >= 0.3 is 0 Å². The highest BCUT2D eigenvalue weighted by Gasteiger charge is 2.03. The zero-order valence-corrected chi connectivity index (χ0v) is 10.1. The summed E-state index contributed by atoms with van der Waals surface area (Å²) in [5, 5.41) is 4.20. The largest absolute Gasteiger partial charge is 0.369 e. The fourth-order valence-electron chi connectivity index (χ4n) is 1.12. The molecule has 5 heteroatoms. The Balaban J connectivity index is 2.44. The topological polar surface area (TPSA) is 50.9 Å². The van der Waals surface area contributed by atoms with Gasteiger partial charge in [-0.2, -0.15) is 0 Å². The summed E-state index contributed by atoms with van der Waals surface area (Å²) in [6.07, 6.45) is 3.44. The Hall–Kier alpha value is -0.510. The van der Waals surface area contributed by atoms with E-state index in [1.54, 1.807) is 12.3 Å². The summed E-state index contributed by atoms with van der Waals surface area (Å²) in [5.41, 5.74) is 5.78. The highest BCUT2D eigenvalue weighted by molar-refractivity contribution is 6.35. The van der Waals surface area contributed by atoms with Crippen LogP contribution in [0.4, 0.5) is 5.82 Å². The Morgan fingerprint density at radius 1 is 1.53 bits per heavy atom. The van der Waals surface area contributed by atoms with Crippen molar-refractivity contribution < 1.29 is 0 Å². The molecule has 0 aliphatic rings. The molecule has 1 atom stereocenters. The van der Waals surface area contributed by atoms with Gasteiger partial charge in [-0.3, -0.25) is 0 Å². The van der Waals surface area contributed by atoms with Crippen LogP contribution in [0.1, 0.15) is 19.8 Å². The molecule has 0 aliphatic heterocycles. The van der Waals surface area contributed by atoms with E-state index in [0.717, 1.165) is 19.4 Å². The maximum Gasteiger partial charge on any atom is 0.144 e. The van der Waals surface area contributed by atoms with Crippen LogP contribution in [-0.4, -0.2) is 17.6 Å². The van der Waals surface area contributed by atoms with Gasteiger partial charge in [0, 0.05) is 18.8 Å². The number of hydrogen-bond donors (Lipinski definition) is 2. The van der Waals surface area contributed by atoms with Crippen molar-refractivity contribution in [3.63, 3.8) is 0 Å². The highest BCUT2D eigenvalue weighted by atomic mass is 35.5. The van der Waals surface area contributed by atoms with Crippen molar-refractivity contribution in [2.24, 2.45) is 5.73 Å².